The van der Waals surface area contributed by atoms with Gasteiger partial charge in [-0.1, -0.05) is 11.6 Å². The Kier molecular flexibility index (Phi) is 8.60. The number of pyridine rings is 1. The lowest BCUT2D eigenvalue weighted by Crippen LogP contribution is -2.46. The van der Waals surface area contributed by atoms with Gasteiger partial charge in [-0.05, 0) is 12.1 Å². The summed E-state index contributed by atoms with van der Waals surface area (Å²) in [7, 11) is 0. The number of aliphatic imine (C=N–C) groups is 1. The Hall–Kier alpha value is -1.75. The molecule has 0 radical (unpaired) electrons. The second kappa shape index (κ2) is 10.5. The zero-order chi connectivity index (χ0) is 22.4. The summed E-state index contributed by atoms with van der Waals surface area (Å²) in [6.07, 6.45) is -1.62. The molecule has 1 N–H and O–H groups in total. The predicted octanol–water partition coefficient (Wildman–Crippen LogP) is 4.93. The van der Waals surface area contributed by atoms with Crippen molar-refractivity contribution in [1.29, 1.82) is 5.41 Å². The minimum atomic E-state index is -4.28. The van der Waals surface area contributed by atoms with Crippen LogP contribution in [0.1, 0.15) is 19.3 Å². The first kappa shape index (κ1) is 24.5. The summed E-state index contributed by atoms with van der Waals surface area (Å²) in [5.41, 5.74) is 0.423. The molecule has 0 saturated heterocycles. The molecule has 166 valence electrons. The zero-order valence-corrected chi connectivity index (χ0v) is 17.3. The highest BCUT2D eigenvalue weighted by Gasteiger charge is 2.57. The lowest BCUT2D eigenvalue weighted by atomic mass is 10.2. The molecule has 0 aliphatic heterocycles. The van der Waals surface area contributed by atoms with E-state index in [0.29, 0.717) is 5.69 Å². The van der Waals surface area contributed by atoms with E-state index < -0.39 is 41.6 Å². The highest BCUT2D eigenvalue weighted by atomic mass is 35.5. The van der Waals surface area contributed by atoms with Crippen molar-refractivity contribution >= 4 is 46.3 Å². The van der Waals surface area contributed by atoms with E-state index in [1.807, 2.05) is 0 Å². The Labute approximate surface area is 179 Å². The van der Waals surface area contributed by atoms with Crippen LogP contribution in [0.5, 0.6) is 0 Å². The van der Waals surface area contributed by atoms with Crippen LogP contribution in [0, 0.1) is 11.3 Å². The van der Waals surface area contributed by atoms with E-state index in [-0.39, 0.29) is 30.9 Å². The molecule has 2 unspecified atom stereocenters. The van der Waals surface area contributed by atoms with E-state index in [4.69, 9.17) is 17.0 Å². The Balaban J connectivity index is 2.04. The average molecular weight is 471 g/mol. The third kappa shape index (κ3) is 8.17. The molecule has 0 bridgehead atoms. The second-order valence-corrected chi connectivity index (χ2v) is 8.35. The third-order valence-corrected chi connectivity index (χ3v) is 5.50. The van der Waals surface area contributed by atoms with E-state index in [2.05, 4.69) is 9.98 Å². The molecule has 1 heterocycles. The van der Waals surface area contributed by atoms with E-state index in [9.17, 15) is 26.7 Å². The van der Waals surface area contributed by atoms with Gasteiger partial charge in [0.05, 0.1) is 18.3 Å². The first-order valence-corrected chi connectivity index (χ1v) is 10.5. The van der Waals surface area contributed by atoms with Crippen molar-refractivity contribution in [1.82, 2.24) is 9.88 Å². The Morgan fingerprint density at radius 3 is 2.70 bits per heavy atom. The number of aromatic nitrogens is 1. The molecule has 0 spiro atoms. The number of nitrogens with one attached hydrogen (secondary N) is 1. The summed E-state index contributed by atoms with van der Waals surface area (Å²) >= 11 is 6.77. The molecule has 1 aliphatic rings. The predicted molar refractivity (Wildman–Crippen MR) is 107 cm³/mol. The molecule has 2 rings (SSSR count). The lowest BCUT2D eigenvalue weighted by Gasteiger charge is -2.28. The van der Waals surface area contributed by atoms with E-state index in [1.165, 1.54) is 18.6 Å². The monoisotopic (exact) mass is 470 g/mol. The molecule has 1 aromatic rings. The number of nitrogens with zero attached hydrogens (tertiary/aromatic N) is 3. The van der Waals surface area contributed by atoms with Crippen LogP contribution in [0.4, 0.5) is 27.6 Å². The smallest absolute Gasteiger partial charge is 0.328 e. The van der Waals surface area contributed by atoms with Gasteiger partial charge in [0, 0.05) is 49.2 Å². The van der Waals surface area contributed by atoms with Gasteiger partial charge >= 0.3 is 6.18 Å². The molecule has 1 fully saturated rings. The molecule has 0 aromatic carbocycles. The average Bonchev–Trinajstić information content (AvgIpc) is 3.26. The number of amides is 1. The van der Waals surface area contributed by atoms with Crippen LogP contribution in [0.3, 0.4) is 0 Å². The fourth-order valence-corrected chi connectivity index (χ4v) is 3.61. The largest absolute Gasteiger partial charge is 0.389 e. The molecule has 1 aromatic heterocycles. The van der Waals surface area contributed by atoms with Gasteiger partial charge in [-0.25, -0.2) is 8.78 Å². The van der Waals surface area contributed by atoms with Crippen molar-refractivity contribution in [3.8, 4) is 0 Å². The maximum Gasteiger partial charge on any atom is 0.389 e. The topological polar surface area (TPSA) is 69.4 Å². The van der Waals surface area contributed by atoms with Gasteiger partial charge < -0.3 is 4.90 Å². The maximum absolute atomic E-state index is 13.4. The molecule has 5 nitrogen and oxygen atoms in total. The Bertz CT molecular complexity index is 763. The van der Waals surface area contributed by atoms with Crippen molar-refractivity contribution in [3.05, 3.63) is 24.5 Å². The number of thioether (sulfide) groups is 1. The zero-order valence-electron chi connectivity index (χ0n) is 15.7. The number of carbonyl (C=O) groups excluding carboxylic acids is 1. The number of hydrogen-bond donors (Lipinski definition) is 1. The van der Waals surface area contributed by atoms with Crippen LogP contribution in [-0.4, -0.2) is 63.4 Å². The van der Waals surface area contributed by atoms with Crippen LogP contribution in [0.15, 0.2) is 29.5 Å². The van der Waals surface area contributed by atoms with Gasteiger partial charge in [0.1, 0.15) is 11.2 Å². The van der Waals surface area contributed by atoms with E-state index in [1.54, 1.807) is 12.1 Å². The number of carbonyl (C=O) groups is 1. The fraction of sp³-hybridized carbons (Fsp3) is 0.556. The number of alkyl halides is 5. The quantitative estimate of drug-likeness (QED) is 0.283. The van der Waals surface area contributed by atoms with Crippen LogP contribution < -0.4 is 0 Å². The van der Waals surface area contributed by atoms with Crippen LogP contribution in [0.25, 0.3) is 0 Å². The summed E-state index contributed by atoms with van der Waals surface area (Å²) in [6.45, 7) is -0.322. The van der Waals surface area contributed by atoms with Gasteiger partial charge in [0.15, 0.2) is 0 Å². The van der Waals surface area contributed by atoms with Gasteiger partial charge in [-0.3, -0.25) is 20.2 Å². The van der Waals surface area contributed by atoms with Crippen molar-refractivity contribution in [2.75, 3.05) is 18.1 Å². The minimum absolute atomic E-state index is 0.0918. The first-order valence-electron chi connectivity index (χ1n) is 8.99. The molecule has 1 aliphatic carbocycles. The first-order chi connectivity index (χ1) is 14.0. The summed E-state index contributed by atoms with van der Waals surface area (Å²) in [5.74, 6) is -4.63. The van der Waals surface area contributed by atoms with Crippen LogP contribution >= 0.6 is 23.4 Å². The number of hydrogen-bond acceptors (Lipinski definition) is 5. The van der Waals surface area contributed by atoms with Gasteiger partial charge in [0.25, 0.3) is 5.92 Å². The van der Waals surface area contributed by atoms with E-state index in [0.717, 1.165) is 16.7 Å². The maximum atomic E-state index is 13.4. The van der Waals surface area contributed by atoms with Crippen molar-refractivity contribution in [3.63, 3.8) is 0 Å². The molecule has 30 heavy (non-hydrogen) atoms. The van der Waals surface area contributed by atoms with Gasteiger partial charge in [0.2, 0.25) is 5.91 Å². The highest BCUT2D eigenvalue weighted by molar-refractivity contribution is 7.99. The van der Waals surface area contributed by atoms with Crippen molar-refractivity contribution in [2.24, 2.45) is 10.9 Å². The minimum Gasteiger partial charge on any atom is -0.328 e. The van der Waals surface area contributed by atoms with Crippen molar-refractivity contribution < 1.29 is 26.7 Å². The van der Waals surface area contributed by atoms with Crippen molar-refractivity contribution in [2.45, 2.75) is 37.4 Å². The Morgan fingerprint density at radius 1 is 1.47 bits per heavy atom. The molecule has 1 saturated carbocycles. The van der Waals surface area contributed by atoms with Crippen LogP contribution in [0.2, 0.25) is 0 Å². The normalized spacial score (nSPS) is 18.9. The highest BCUT2D eigenvalue weighted by Crippen LogP contribution is 2.49. The van der Waals surface area contributed by atoms with E-state index >= 15 is 0 Å². The molecular weight excluding hydrogens is 451 g/mol. The molecule has 1 amide bonds. The van der Waals surface area contributed by atoms with Crippen LogP contribution in [-0.2, 0) is 4.79 Å². The van der Waals surface area contributed by atoms with Gasteiger partial charge in [-0.2, -0.15) is 24.9 Å². The molecule has 12 heteroatoms. The molecular formula is C18H20ClF5N4OS. The second-order valence-electron chi connectivity index (χ2n) is 6.72. The molecule has 2 atom stereocenters. The summed E-state index contributed by atoms with van der Waals surface area (Å²) in [4.78, 5) is 21.7. The standard InChI is InChI=1S/C18H20ClF5N4OS/c19-16(25)14(10-27-13-2-1-5-26-9-13)28(11-12-8-17(12,20)21)15(29)3-6-30-7-4-18(22,23)24/h1-2,5,9-10,12,14,25H,3-4,6-8,11H2. The Morgan fingerprint density at radius 2 is 2.17 bits per heavy atom. The SMILES string of the molecule is N=C(Cl)C(C=Nc1cccnc1)N(CC1CC1(F)F)C(=O)CCSCCC(F)(F)F. The fourth-order valence-electron chi connectivity index (χ4n) is 2.54. The lowest BCUT2D eigenvalue weighted by molar-refractivity contribution is -0.131. The summed E-state index contributed by atoms with van der Waals surface area (Å²) in [5, 5.41) is 7.28. The summed E-state index contributed by atoms with van der Waals surface area (Å²) in [6, 6.07) is 2.09. The summed E-state index contributed by atoms with van der Waals surface area (Å²) < 4.78 is 63.4. The third-order valence-electron chi connectivity index (χ3n) is 4.29. The van der Waals surface area contributed by atoms with Gasteiger partial charge in [-0.15, -0.1) is 0 Å². The number of rotatable bonds is 11. The number of halogens is 6.